The normalized spacial score (nSPS) is 12.0. The van der Waals surface area contributed by atoms with Gasteiger partial charge in [-0.1, -0.05) is 25.4 Å². The van der Waals surface area contributed by atoms with E-state index in [1.807, 2.05) is 6.07 Å². The molecule has 1 heterocycles. The fourth-order valence-corrected chi connectivity index (χ4v) is 2.55. The summed E-state index contributed by atoms with van der Waals surface area (Å²) in [5.74, 6) is 0.876. The van der Waals surface area contributed by atoms with E-state index in [1.165, 1.54) is 4.88 Å². The number of nitrogens with one attached hydrogen (secondary N) is 1. The van der Waals surface area contributed by atoms with Gasteiger partial charge < -0.3 is 5.32 Å². The van der Waals surface area contributed by atoms with Crippen LogP contribution >= 0.6 is 35.6 Å². The smallest absolute Gasteiger partial charge is 0.0931 e. The van der Waals surface area contributed by atoms with Crippen molar-refractivity contribution in [3.63, 3.8) is 0 Å². The third-order valence-electron chi connectivity index (χ3n) is 2.10. The first-order valence-electron chi connectivity index (χ1n) is 4.63. The Bertz CT molecular complexity index is 283. The second kappa shape index (κ2) is 5.40. The van der Waals surface area contributed by atoms with Crippen LogP contribution in [-0.2, 0) is 5.41 Å². The van der Waals surface area contributed by atoms with Crippen LogP contribution in [0.2, 0.25) is 4.34 Å². The lowest BCUT2D eigenvalue weighted by Crippen LogP contribution is -2.33. The molecule has 0 aliphatic heterocycles. The monoisotopic (exact) mass is 249 g/mol. The van der Waals surface area contributed by atoms with Gasteiger partial charge in [-0.05, 0) is 12.1 Å². The van der Waals surface area contributed by atoms with Crippen LogP contribution in [0.5, 0.6) is 0 Å². The highest BCUT2D eigenvalue weighted by Crippen LogP contribution is 2.31. The van der Waals surface area contributed by atoms with Crippen LogP contribution in [0, 0.1) is 0 Å². The summed E-state index contributed by atoms with van der Waals surface area (Å²) in [5, 5.41) is 3.37. The second-order valence-electron chi connectivity index (χ2n) is 3.89. The standard InChI is InChI=1S/C10H16ClNS2/c1-10(2,7-12-5-6-13)8-3-4-9(11)14-8/h3-4,12-13H,5-7H2,1-2H3. The average Bonchev–Trinajstić information content (AvgIpc) is 2.53. The molecule has 14 heavy (non-hydrogen) atoms. The van der Waals surface area contributed by atoms with Crippen molar-refractivity contribution in [2.75, 3.05) is 18.8 Å². The van der Waals surface area contributed by atoms with Gasteiger partial charge in [0.05, 0.1) is 4.34 Å². The van der Waals surface area contributed by atoms with Crippen LogP contribution in [0.25, 0.3) is 0 Å². The number of hydrogen-bond donors (Lipinski definition) is 2. The molecular weight excluding hydrogens is 234 g/mol. The molecule has 1 aromatic heterocycles. The van der Waals surface area contributed by atoms with Crippen molar-refractivity contribution in [2.45, 2.75) is 19.3 Å². The van der Waals surface area contributed by atoms with Crippen LogP contribution in [-0.4, -0.2) is 18.8 Å². The van der Waals surface area contributed by atoms with E-state index in [2.05, 4.69) is 37.9 Å². The zero-order valence-electron chi connectivity index (χ0n) is 8.51. The maximum atomic E-state index is 5.91. The molecule has 1 N–H and O–H groups in total. The summed E-state index contributed by atoms with van der Waals surface area (Å²) in [6.07, 6.45) is 0. The summed E-state index contributed by atoms with van der Waals surface area (Å²) in [6, 6.07) is 4.07. The van der Waals surface area contributed by atoms with Gasteiger partial charge in [0, 0.05) is 29.1 Å². The van der Waals surface area contributed by atoms with Crippen molar-refractivity contribution in [3.8, 4) is 0 Å². The van der Waals surface area contributed by atoms with Crippen molar-refractivity contribution in [3.05, 3.63) is 21.3 Å². The highest BCUT2D eigenvalue weighted by Gasteiger charge is 2.21. The van der Waals surface area contributed by atoms with Gasteiger partial charge in [0.2, 0.25) is 0 Å². The number of thiophene rings is 1. The van der Waals surface area contributed by atoms with Gasteiger partial charge in [-0.15, -0.1) is 11.3 Å². The summed E-state index contributed by atoms with van der Waals surface area (Å²) in [7, 11) is 0. The Hall–Kier alpha value is 0.300. The molecule has 0 spiro atoms. The summed E-state index contributed by atoms with van der Waals surface area (Å²) in [5.41, 5.74) is 0.154. The molecule has 0 atom stereocenters. The fraction of sp³-hybridized carbons (Fsp3) is 0.600. The Labute approximate surface area is 100 Å². The van der Waals surface area contributed by atoms with Crippen LogP contribution < -0.4 is 5.32 Å². The van der Waals surface area contributed by atoms with Crippen LogP contribution in [0.3, 0.4) is 0 Å². The molecule has 0 bridgehead atoms. The van der Waals surface area contributed by atoms with Gasteiger partial charge in [0.1, 0.15) is 0 Å². The minimum absolute atomic E-state index is 0.154. The molecule has 1 rings (SSSR count). The molecule has 0 aliphatic carbocycles. The molecule has 0 radical (unpaired) electrons. The lowest BCUT2D eigenvalue weighted by Gasteiger charge is -2.23. The predicted octanol–water partition coefficient (Wildman–Crippen LogP) is 3.20. The first-order chi connectivity index (χ1) is 6.56. The Morgan fingerprint density at radius 3 is 2.71 bits per heavy atom. The molecular formula is C10H16ClNS2. The van der Waals surface area contributed by atoms with E-state index in [9.17, 15) is 0 Å². The molecule has 1 nitrogen and oxygen atoms in total. The Morgan fingerprint density at radius 2 is 2.21 bits per heavy atom. The van der Waals surface area contributed by atoms with Gasteiger partial charge in [0.25, 0.3) is 0 Å². The van der Waals surface area contributed by atoms with Gasteiger partial charge in [0.15, 0.2) is 0 Å². The Kier molecular flexibility index (Phi) is 4.77. The first-order valence-corrected chi connectivity index (χ1v) is 6.46. The zero-order valence-corrected chi connectivity index (χ0v) is 11.0. The molecule has 0 aliphatic rings. The van der Waals surface area contributed by atoms with Crippen LogP contribution in [0.4, 0.5) is 0 Å². The maximum absolute atomic E-state index is 5.91. The van der Waals surface area contributed by atoms with E-state index in [0.29, 0.717) is 0 Å². The largest absolute Gasteiger partial charge is 0.315 e. The molecule has 0 unspecified atom stereocenters. The summed E-state index contributed by atoms with van der Waals surface area (Å²) in [6.45, 7) is 6.36. The van der Waals surface area contributed by atoms with Crippen molar-refractivity contribution < 1.29 is 0 Å². The third kappa shape index (κ3) is 3.46. The quantitative estimate of drug-likeness (QED) is 0.603. The summed E-state index contributed by atoms with van der Waals surface area (Å²) < 4.78 is 0.863. The Morgan fingerprint density at radius 1 is 1.50 bits per heavy atom. The zero-order chi connectivity index (χ0) is 10.6. The van der Waals surface area contributed by atoms with Gasteiger partial charge in [-0.3, -0.25) is 0 Å². The summed E-state index contributed by atoms with van der Waals surface area (Å²) >= 11 is 11.7. The number of rotatable bonds is 5. The molecule has 0 fully saturated rings. The van der Waals surface area contributed by atoms with Crippen molar-refractivity contribution in [1.82, 2.24) is 5.32 Å². The Balaban J connectivity index is 2.56. The van der Waals surface area contributed by atoms with Crippen LogP contribution in [0.15, 0.2) is 12.1 Å². The molecule has 1 aromatic rings. The SMILES string of the molecule is CC(C)(CNCCS)c1ccc(Cl)s1. The van der Waals surface area contributed by atoms with Gasteiger partial charge in [-0.25, -0.2) is 0 Å². The second-order valence-corrected chi connectivity index (χ2v) is 6.05. The highest BCUT2D eigenvalue weighted by molar-refractivity contribution is 7.80. The topological polar surface area (TPSA) is 12.0 Å². The first kappa shape index (κ1) is 12.4. The van der Waals surface area contributed by atoms with Crippen LogP contribution in [0.1, 0.15) is 18.7 Å². The molecule has 4 heteroatoms. The highest BCUT2D eigenvalue weighted by atomic mass is 35.5. The van der Waals surface area contributed by atoms with E-state index in [1.54, 1.807) is 11.3 Å². The number of halogens is 1. The van der Waals surface area contributed by atoms with E-state index >= 15 is 0 Å². The molecule has 0 saturated carbocycles. The average molecular weight is 250 g/mol. The number of hydrogen-bond acceptors (Lipinski definition) is 3. The molecule has 80 valence electrons. The van der Waals surface area contributed by atoms with Crippen molar-refractivity contribution >= 4 is 35.6 Å². The van der Waals surface area contributed by atoms with Gasteiger partial charge >= 0.3 is 0 Å². The van der Waals surface area contributed by atoms with E-state index in [-0.39, 0.29) is 5.41 Å². The minimum Gasteiger partial charge on any atom is -0.315 e. The van der Waals surface area contributed by atoms with Crippen molar-refractivity contribution in [2.24, 2.45) is 0 Å². The minimum atomic E-state index is 0.154. The van der Waals surface area contributed by atoms with Gasteiger partial charge in [-0.2, -0.15) is 12.6 Å². The molecule has 0 aromatic carbocycles. The van der Waals surface area contributed by atoms with E-state index in [4.69, 9.17) is 11.6 Å². The predicted molar refractivity (Wildman–Crippen MR) is 69.1 cm³/mol. The van der Waals surface area contributed by atoms with E-state index in [0.717, 1.165) is 23.2 Å². The maximum Gasteiger partial charge on any atom is 0.0931 e. The third-order valence-corrected chi connectivity index (χ3v) is 3.92. The molecule has 0 saturated heterocycles. The lowest BCUT2D eigenvalue weighted by molar-refractivity contribution is 0.487. The molecule has 0 amide bonds. The summed E-state index contributed by atoms with van der Waals surface area (Å²) in [4.78, 5) is 1.33. The van der Waals surface area contributed by atoms with Crippen molar-refractivity contribution in [1.29, 1.82) is 0 Å². The fourth-order valence-electron chi connectivity index (χ4n) is 1.25. The van der Waals surface area contributed by atoms with E-state index < -0.39 is 0 Å². The number of thiol groups is 1. The lowest BCUT2D eigenvalue weighted by atomic mass is 9.91.